The zero-order valence-corrected chi connectivity index (χ0v) is 15.4. The minimum atomic E-state index is -0.964. The van der Waals surface area contributed by atoms with Crippen molar-refractivity contribution in [1.29, 1.82) is 0 Å². The van der Waals surface area contributed by atoms with E-state index in [1.807, 2.05) is 37.3 Å². The number of alkyl carbamates (subject to hydrolysis) is 1. The maximum absolute atomic E-state index is 12.0. The molecule has 0 aromatic heterocycles. The summed E-state index contributed by atoms with van der Waals surface area (Å²) in [6.45, 7) is 7.63. The first-order chi connectivity index (χ1) is 11.6. The van der Waals surface area contributed by atoms with Crippen LogP contribution >= 0.6 is 0 Å². The predicted octanol–water partition coefficient (Wildman–Crippen LogP) is 3.65. The van der Waals surface area contributed by atoms with Crippen molar-refractivity contribution in [2.75, 3.05) is 6.54 Å². The number of rotatable bonds is 3. The number of likely N-dealkylation sites (tertiary alicyclic amines) is 1. The van der Waals surface area contributed by atoms with E-state index in [1.165, 1.54) is 4.90 Å². The summed E-state index contributed by atoms with van der Waals surface area (Å²) in [7, 11) is 0. The Bertz CT molecular complexity index is 612. The molecule has 1 fully saturated rings. The van der Waals surface area contributed by atoms with E-state index in [0.29, 0.717) is 19.3 Å². The van der Waals surface area contributed by atoms with Crippen molar-refractivity contribution in [2.24, 2.45) is 0 Å². The average molecular weight is 348 g/mol. The van der Waals surface area contributed by atoms with Crippen LogP contribution in [-0.2, 0) is 11.2 Å². The molecule has 0 radical (unpaired) electrons. The molecule has 2 rings (SSSR count). The number of amides is 2. The number of carbonyl (C=O) groups excluding carboxylic acids is 1. The summed E-state index contributed by atoms with van der Waals surface area (Å²) in [5, 5.41) is 12.5. The van der Waals surface area contributed by atoms with Crippen molar-refractivity contribution < 1.29 is 19.4 Å². The highest BCUT2D eigenvalue weighted by Gasteiger charge is 2.41. The molecule has 0 saturated carbocycles. The molecule has 1 aromatic rings. The van der Waals surface area contributed by atoms with Gasteiger partial charge in [0.2, 0.25) is 0 Å². The van der Waals surface area contributed by atoms with Gasteiger partial charge in [-0.2, -0.15) is 0 Å². The monoisotopic (exact) mass is 348 g/mol. The van der Waals surface area contributed by atoms with Crippen LogP contribution in [0.4, 0.5) is 9.59 Å². The fraction of sp³-hybridized carbons (Fsp3) is 0.579. The van der Waals surface area contributed by atoms with E-state index in [0.717, 1.165) is 5.56 Å². The van der Waals surface area contributed by atoms with Gasteiger partial charge < -0.3 is 20.1 Å². The van der Waals surface area contributed by atoms with Crippen molar-refractivity contribution in [3.8, 4) is 0 Å². The second-order valence-corrected chi connectivity index (χ2v) is 7.93. The summed E-state index contributed by atoms with van der Waals surface area (Å²) in [6.07, 6.45) is 0.573. The Morgan fingerprint density at radius 3 is 2.52 bits per heavy atom. The first-order valence-electron chi connectivity index (χ1n) is 8.63. The molecule has 1 saturated heterocycles. The Morgan fingerprint density at radius 2 is 1.96 bits per heavy atom. The molecule has 6 heteroatoms. The quantitative estimate of drug-likeness (QED) is 0.874. The van der Waals surface area contributed by atoms with Gasteiger partial charge in [-0.15, -0.1) is 0 Å². The molecule has 1 aliphatic heterocycles. The summed E-state index contributed by atoms with van der Waals surface area (Å²) in [5.74, 6) is 0. The number of nitrogens with one attached hydrogen (secondary N) is 1. The van der Waals surface area contributed by atoms with Crippen molar-refractivity contribution in [3.63, 3.8) is 0 Å². The van der Waals surface area contributed by atoms with E-state index in [9.17, 15) is 14.7 Å². The molecule has 2 atom stereocenters. The van der Waals surface area contributed by atoms with Gasteiger partial charge in [0.25, 0.3) is 0 Å². The minimum absolute atomic E-state index is 0.241. The van der Waals surface area contributed by atoms with Gasteiger partial charge in [0.1, 0.15) is 5.60 Å². The third-order valence-corrected chi connectivity index (χ3v) is 4.47. The molecule has 0 aliphatic carbocycles. The van der Waals surface area contributed by atoms with E-state index >= 15 is 0 Å². The van der Waals surface area contributed by atoms with Crippen molar-refractivity contribution in [2.45, 2.75) is 64.1 Å². The lowest BCUT2D eigenvalue weighted by molar-refractivity contribution is 0.0289. The second-order valence-electron chi connectivity index (χ2n) is 7.93. The number of carbonyl (C=O) groups is 2. The summed E-state index contributed by atoms with van der Waals surface area (Å²) >= 11 is 0. The molecule has 138 valence electrons. The second kappa shape index (κ2) is 7.33. The first-order valence-corrected chi connectivity index (χ1v) is 8.63. The smallest absolute Gasteiger partial charge is 0.407 e. The molecule has 1 aromatic carbocycles. The van der Waals surface area contributed by atoms with Crippen LogP contribution in [0.5, 0.6) is 0 Å². The SMILES string of the molecule is CC(C)(C)OC(=O)N[C@@H]1CC[C@@](C)(Cc2ccccc2)N(C(=O)O)C1. The number of ether oxygens (including phenoxy) is 1. The van der Waals surface area contributed by atoms with Crippen molar-refractivity contribution >= 4 is 12.2 Å². The highest BCUT2D eigenvalue weighted by Crippen LogP contribution is 2.31. The zero-order valence-electron chi connectivity index (χ0n) is 15.4. The maximum atomic E-state index is 12.0. The summed E-state index contributed by atoms with van der Waals surface area (Å²) < 4.78 is 5.27. The Morgan fingerprint density at radius 1 is 1.32 bits per heavy atom. The average Bonchev–Trinajstić information content (AvgIpc) is 2.48. The van der Waals surface area contributed by atoms with E-state index in [-0.39, 0.29) is 12.6 Å². The van der Waals surface area contributed by atoms with Gasteiger partial charge in [-0.05, 0) is 52.5 Å². The van der Waals surface area contributed by atoms with E-state index in [4.69, 9.17) is 4.74 Å². The van der Waals surface area contributed by atoms with Gasteiger partial charge in [-0.3, -0.25) is 0 Å². The van der Waals surface area contributed by atoms with Gasteiger partial charge in [-0.25, -0.2) is 9.59 Å². The molecule has 25 heavy (non-hydrogen) atoms. The lowest BCUT2D eigenvalue weighted by Gasteiger charge is -2.46. The van der Waals surface area contributed by atoms with Gasteiger partial charge >= 0.3 is 12.2 Å². The maximum Gasteiger partial charge on any atom is 0.407 e. The molecule has 1 heterocycles. The molecule has 2 amide bonds. The number of benzene rings is 1. The predicted molar refractivity (Wildman–Crippen MR) is 95.7 cm³/mol. The molecule has 0 bridgehead atoms. The molecular formula is C19H28N2O4. The van der Waals surface area contributed by atoms with Gasteiger partial charge in [0.05, 0.1) is 6.04 Å². The highest BCUT2D eigenvalue weighted by molar-refractivity contribution is 5.69. The van der Waals surface area contributed by atoms with Crippen molar-refractivity contribution in [3.05, 3.63) is 35.9 Å². The highest BCUT2D eigenvalue weighted by atomic mass is 16.6. The molecule has 2 N–H and O–H groups in total. The Balaban J connectivity index is 2.04. The molecule has 0 spiro atoms. The molecule has 6 nitrogen and oxygen atoms in total. The van der Waals surface area contributed by atoms with Gasteiger partial charge in [0, 0.05) is 12.1 Å². The van der Waals surface area contributed by atoms with Crippen LogP contribution in [0.15, 0.2) is 30.3 Å². The van der Waals surface area contributed by atoms with Crippen LogP contribution in [0, 0.1) is 0 Å². The zero-order chi connectivity index (χ0) is 18.7. The fourth-order valence-electron chi connectivity index (χ4n) is 3.27. The number of nitrogens with zero attached hydrogens (tertiary/aromatic N) is 1. The third kappa shape index (κ3) is 5.37. The first kappa shape index (κ1) is 19.1. The van der Waals surface area contributed by atoms with Crippen LogP contribution in [0.25, 0.3) is 0 Å². The lowest BCUT2D eigenvalue weighted by Crippen LogP contribution is -2.60. The number of piperidine rings is 1. The van der Waals surface area contributed by atoms with Crippen molar-refractivity contribution in [1.82, 2.24) is 10.2 Å². The standard InChI is InChI=1S/C19H28N2O4/c1-18(2,3)25-16(22)20-15-10-11-19(4,21(13-15)17(23)24)12-14-8-6-5-7-9-14/h5-9,15H,10-13H2,1-4H3,(H,20,22)(H,23,24)/t15-,19+/m1/s1. The Hall–Kier alpha value is -2.24. The molecular weight excluding hydrogens is 320 g/mol. The van der Waals surface area contributed by atoms with Gasteiger partial charge in [-0.1, -0.05) is 30.3 Å². The summed E-state index contributed by atoms with van der Waals surface area (Å²) in [6, 6.07) is 9.64. The Kier molecular flexibility index (Phi) is 5.60. The third-order valence-electron chi connectivity index (χ3n) is 4.47. The van der Waals surface area contributed by atoms with E-state index in [1.54, 1.807) is 20.8 Å². The fourth-order valence-corrected chi connectivity index (χ4v) is 3.27. The number of carboxylic acid groups (broad SMARTS) is 1. The van der Waals surface area contributed by atoms with Crippen LogP contribution in [-0.4, -0.2) is 45.9 Å². The topological polar surface area (TPSA) is 78.9 Å². The Labute approximate surface area is 149 Å². The lowest BCUT2D eigenvalue weighted by atomic mass is 9.82. The largest absolute Gasteiger partial charge is 0.465 e. The van der Waals surface area contributed by atoms with E-state index in [2.05, 4.69) is 5.32 Å². The minimum Gasteiger partial charge on any atom is -0.465 e. The summed E-state index contributed by atoms with van der Waals surface area (Å²) in [5.41, 5.74) is 0.0432. The van der Waals surface area contributed by atoms with Crippen LogP contribution in [0.2, 0.25) is 0 Å². The molecule has 0 unspecified atom stereocenters. The van der Waals surface area contributed by atoms with Crippen LogP contribution in [0.1, 0.15) is 46.1 Å². The molecule has 1 aliphatic rings. The van der Waals surface area contributed by atoms with E-state index < -0.39 is 23.3 Å². The number of hydrogen-bond donors (Lipinski definition) is 2. The van der Waals surface area contributed by atoms with Crippen LogP contribution in [0.3, 0.4) is 0 Å². The van der Waals surface area contributed by atoms with Gasteiger partial charge in [0.15, 0.2) is 0 Å². The normalized spacial score (nSPS) is 23.8. The number of hydrogen-bond acceptors (Lipinski definition) is 3. The van der Waals surface area contributed by atoms with Crippen LogP contribution < -0.4 is 5.32 Å². The summed E-state index contributed by atoms with van der Waals surface area (Å²) in [4.78, 5) is 25.2.